The number of urea groups is 1. The van der Waals surface area contributed by atoms with E-state index < -0.39 is 0 Å². The van der Waals surface area contributed by atoms with Gasteiger partial charge in [-0.2, -0.15) is 0 Å². The first-order valence-electron chi connectivity index (χ1n) is 12.0. The average Bonchev–Trinajstić information content (AvgIpc) is 3.33. The Hall–Kier alpha value is -3.74. The van der Waals surface area contributed by atoms with Crippen LogP contribution in [0.1, 0.15) is 48.7 Å². The Bertz CT molecular complexity index is 1180. The zero-order chi connectivity index (χ0) is 23.5. The fourth-order valence-corrected chi connectivity index (χ4v) is 4.91. The summed E-state index contributed by atoms with van der Waals surface area (Å²) >= 11 is 0. The number of hydrogen-bond donors (Lipinski definition) is 1. The van der Waals surface area contributed by atoms with Crippen molar-refractivity contribution in [3.8, 4) is 0 Å². The second-order valence-corrected chi connectivity index (χ2v) is 8.95. The second kappa shape index (κ2) is 9.63. The van der Waals surface area contributed by atoms with E-state index in [0.717, 1.165) is 54.1 Å². The summed E-state index contributed by atoms with van der Waals surface area (Å²) in [5, 5.41) is 3.23. The van der Waals surface area contributed by atoms with Crippen LogP contribution in [-0.4, -0.2) is 51.6 Å². The predicted molar refractivity (Wildman–Crippen MR) is 134 cm³/mol. The molecule has 3 heterocycles. The average molecular weight is 455 g/mol. The van der Waals surface area contributed by atoms with Crippen molar-refractivity contribution in [3.05, 3.63) is 83.6 Å². The molecular weight excluding hydrogens is 424 g/mol. The van der Waals surface area contributed by atoms with Crippen molar-refractivity contribution in [2.75, 3.05) is 24.5 Å². The molecule has 3 aromatic rings. The van der Waals surface area contributed by atoms with E-state index in [-0.39, 0.29) is 18.1 Å². The molecule has 1 N–H and O–H groups in total. The molecular formula is C27H30N6O. The lowest BCUT2D eigenvalue weighted by molar-refractivity contribution is 0.167. The zero-order valence-corrected chi connectivity index (χ0v) is 19.7. The van der Waals surface area contributed by atoms with Crippen LogP contribution in [0.5, 0.6) is 0 Å². The fraction of sp³-hybridized carbons (Fsp3) is 0.333. The first-order chi connectivity index (χ1) is 16.6. The number of anilines is 1. The second-order valence-electron chi connectivity index (χ2n) is 8.95. The third-order valence-corrected chi connectivity index (χ3v) is 6.77. The van der Waals surface area contributed by atoms with Crippen LogP contribution >= 0.6 is 0 Å². The monoisotopic (exact) mass is 454 g/mol. The number of benzene rings is 1. The molecule has 2 amide bonds. The number of piperazine rings is 1. The third-order valence-electron chi connectivity index (χ3n) is 6.77. The van der Waals surface area contributed by atoms with E-state index in [2.05, 4.69) is 57.2 Å². The Labute approximate surface area is 200 Å². The highest BCUT2D eigenvalue weighted by molar-refractivity contribution is 5.91. The minimum atomic E-state index is -0.00404. The van der Waals surface area contributed by atoms with Gasteiger partial charge >= 0.3 is 6.03 Å². The molecule has 5 rings (SSSR count). The summed E-state index contributed by atoms with van der Waals surface area (Å²) in [5.41, 5.74) is 5.68. The SMILES string of the molecule is CCC(NC(=O)N1CCN(c2ncnc3c2C=C(c2ccncc2)C3)C[C@@H]1C)c1ccccc1. The molecule has 0 spiro atoms. The normalized spacial score (nSPS) is 18.3. The van der Waals surface area contributed by atoms with E-state index in [1.807, 2.05) is 47.6 Å². The molecule has 1 saturated heterocycles. The van der Waals surface area contributed by atoms with Crippen molar-refractivity contribution >= 4 is 23.5 Å². The first kappa shape index (κ1) is 22.1. The van der Waals surface area contributed by atoms with E-state index in [4.69, 9.17) is 0 Å². The molecule has 2 aliphatic rings. The quantitative estimate of drug-likeness (QED) is 0.621. The minimum Gasteiger partial charge on any atom is -0.352 e. The van der Waals surface area contributed by atoms with Gasteiger partial charge in [-0.05, 0) is 48.3 Å². The van der Waals surface area contributed by atoms with Crippen LogP contribution in [0, 0.1) is 0 Å². The van der Waals surface area contributed by atoms with Crippen LogP contribution in [0.15, 0.2) is 61.2 Å². The van der Waals surface area contributed by atoms with Crippen LogP contribution in [0.25, 0.3) is 11.6 Å². The molecule has 0 bridgehead atoms. The Morgan fingerprint density at radius 2 is 1.91 bits per heavy atom. The molecule has 0 radical (unpaired) electrons. The summed E-state index contributed by atoms with van der Waals surface area (Å²) in [5.74, 6) is 0.955. The topological polar surface area (TPSA) is 74.2 Å². The van der Waals surface area contributed by atoms with E-state index in [1.165, 1.54) is 5.57 Å². The van der Waals surface area contributed by atoms with Gasteiger partial charge in [0, 0.05) is 50.1 Å². The van der Waals surface area contributed by atoms with Crippen LogP contribution in [0.2, 0.25) is 0 Å². The van der Waals surface area contributed by atoms with E-state index >= 15 is 0 Å². The van der Waals surface area contributed by atoms with Crippen molar-refractivity contribution < 1.29 is 4.79 Å². The number of allylic oxidation sites excluding steroid dienone is 1. The van der Waals surface area contributed by atoms with Gasteiger partial charge in [0.25, 0.3) is 0 Å². The lowest BCUT2D eigenvalue weighted by atomic mass is 10.0. The van der Waals surface area contributed by atoms with Gasteiger partial charge in [0.1, 0.15) is 12.1 Å². The Morgan fingerprint density at radius 3 is 2.65 bits per heavy atom. The maximum absolute atomic E-state index is 13.1. The molecule has 1 unspecified atom stereocenters. The number of carbonyl (C=O) groups is 1. The van der Waals surface area contributed by atoms with Crippen molar-refractivity contribution in [1.82, 2.24) is 25.2 Å². The number of rotatable bonds is 5. The lowest BCUT2D eigenvalue weighted by Crippen LogP contribution is -2.57. The lowest BCUT2D eigenvalue weighted by Gasteiger charge is -2.41. The maximum atomic E-state index is 13.1. The number of nitrogens with one attached hydrogen (secondary N) is 1. The van der Waals surface area contributed by atoms with Gasteiger partial charge in [-0.1, -0.05) is 37.3 Å². The molecule has 1 aliphatic carbocycles. The van der Waals surface area contributed by atoms with Gasteiger partial charge in [-0.3, -0.25) is 4.98 Å². The summed E-state index contributed by atoms with van der Waals surface area (Å²) in [4.78, 5) is 30.7. The fourth-order valence-electron chi connectivity index (χ4n) is 4.91. The number of fused-ring (bicyclic) bond motifs is 1. The van der Waals surface area contributed by atoms with Crippen molar-refractivity contribution in [3.63, 3.8) is 0 Å². The first-order valence-corrected chi connectivity index (χ1v) is 12.0. The predicted octanol–water partition coefficient (Wildman–Crippen LogP) is 4.34. The molecule has 2 atom stereocenters. The van der Waals surface area contributed by atoms with E-state index in [0.29, 0.717) is 6.54 Å². The van der Waals surface area contributed by atoms with Gasteiger partial charge in [0.15, 0.2) is 0 Å². The summed E-state index contributed by atoms with van der Waals surface area (Å²) in [7, 11) is 0. The van der Waals surface area contributed by atoms with Crippen molar-refractivity contribution in [2.45, 2.75) is 38.8 Å². The van der Waals surface area contributed by atoms with Gasteiger partial charge in [0.05, 0.1) is 11.7 Å². The molecule has 174 valence electrons. The number of nitrogens with zero attached hydrogens (tertiary/aromatic N) is 5. The van der Waals surface area contributed by atoms with Crippen molar-refractivity contribution in [2.24, 2.45) is 0 Å². The standard InChI is InChI=1S/C27H30N6O/c1-3-24(21-7-5-4-6-8-21)31-27(34)33-14-13-32(17-19(33)2)26-23-15-22(16-25(23)29-18-30-26)20-9-11-28-12-10-20/h4-12,15,18-19,24H,3,13-14,16-17H2,1-2H3,(H,31,34)/t19-,24?/m0/s1. The van der Waals surface area contributed by atoms with Crippen LogP contribution in [0.4, 0.5) is 10.6 Å². The molecule has 1 aliphatic heterocycles. The smallest absolute Gasteiger partial charge is 0.318 e. The largest absolute Gasteiger partial charge is 0.352 e. The van der Waals surface area contributed by atoms with Gasteiger partial charge in [-0.25, -0.2) is 14.8 Å². The van der Waals surface area contributed by atoms with Crippen molar-refractivity contribution in [1.29, 1.82) is 0 Å². The number of pyridine rings is 1. The van der Waals surface area contributed by atoms with Gasteiger partial charge in [-0.15, -0.1) is 0 Å². The van der Waals surface area contributed by atoms with Gasteiger partial charge < -0.3 is 15.1 Å². The Morgan fingerprint density at radius 1 is 1.12 bits per heavy atom. The maximum Gasteiger partial charge on any atom is 0.318 e. The van der Waals surface area contributed by atoms with Crippen LogP contribution in [0.3, 0.4) is 0 Å². The molecule has 34 heavy (non-hydrogen) atoms. The molecule has 7 nitrogen and oxygen atoms in total. The Balaban J connectivity index is 1.29. The Kier molecular flexibility index (Phi) is 6.25. The molecule has 0 saturated carbocycles. The zero-order valence-electron chi connectivity index (χ0n) is 19.7. The summed E-state index contributed by atoms with van der Waals surface area (Å²) in [6.07, 6.45) is 9.15. The van der Waals surface area contributed by atoms with Gasteiger partial charge in [0.2, 0.25) is 0 Å². The number of aromatic nitrogens is 3. The summed E-state index contributed by atoms with van der Waals surface area (Å²) < 4.78 is 0. The highest BCUT2D eigenvalue weighted by atomic mass is 16.2. The molecule has 1 fully saturated rings. The highest BCUT2D eigenvalue weighted by Crippen LogP contribution is 2.35. The number of amides is 2. The molecule has 2 aromatic heterocycles. The van der Waals surface area contributed by atoms with Crippen LogP contribution < -0.4 is 10.2 Å². The number of hydrogen-bond acceptors (Lipinski definition) is 5. The summed E-state index contributed by atoms with van der Waals surface area (Å²) in [6, 6.07) is 14.3. The summed E-state index contributed by atoms with van der Waals surface area (Å²) in [6.45, 7) is 6.33. The molecule has 7 heteroatoms. The van der Waals surface area contributed by atoms with Crippen LogP contribution in [-0.2, 0) is 6.42 Å². The number of carbonyl (C=O) groups excluding carboxylic acids is 1. The third kappa shape index (κ3) is 4.38. The highest BCUT2D eigenvalue weighted by Gasteiger charge is 2.31. The van der Waals surface area contributed by atoms with E-state index in [9.17, 15) is 4.79 Å². The minimum absolute atomic E-state index is 0.00404. The molecule has 1 aromatic carbocycles. The van der Waals surface area contributed by atoms with E-state index in [1.54, 1.807) is 6.33 Å².